The van der Waals surface area contributed by atoms with Gasteiger partial charge in [0.2, 0.25) is 0 Å². The van der Waals surface area contributed by atoms with Crippen molar-refractivity contribution < 1.29 is 23.1 Å². The first-order chi connectivity index (χ1) is 15.4. The molecule has 0 saturated carbocycles. The van der Waals surface area contributed by atoms with E-state index in [9.17, 15) is 18.4 Å². The van der Waals surface area contributed by atoms with Crippen LogP contribution in [0.25, 0.3) is 10.9 Å². The second kappa shape index (κ2) is 7.97. The third-order valence-corrected chi connectivity index (χ3v) is 5.89. The van der Waals surface area contributed by atoms with Crippen LogP contribution >= 0.6 is 0 Å². The topological polar surface area (TPSA) is 96.4 Å². The average molecular weight is 444 g/mol. The number of carbonyl (C=O) groups excluding carboxylic acids is 2. The van der Waals surface area contributed by atoms with Gasteiger partial charge in [-0.05, 0) is 24.3 Å². The van der Waals surface area contributed by atoms with Crippen molar-refractivity contribution in [2.75, 3.05) is 32.8 Å². The lowest BCUT2D eigenvalue weighted by Gasteiger charge is -2.25. The van der Waals surface area contributed by atoms with Gasteiger partial charge in [-0.1, -0.05) is 5.21 Å². The van der Waals surface area contributed by atoms with Crippen molar-refractivity contribution in [1.82, 2.24) is 29.8 Å². The molecule has 0 spiro atoms. The van der Waals surface area contributed by atoms with Crippen molar-refractivity contribution in [2.24, 2.45) is 0 Å². The van der Waals surface area contributed by atoms with E-state index in [1.165, 1.54) is 15.8 Å². The molecule has 5 rings (SSSR count). The first-order valence-corrected chi connectivity index (χ1v) is 10.4. The Hall–Kier alpha value is -3.34. The summed E-state index contributed by atoms with van der Waals surface area (Å²) in [4.78, 5) is 31.5. The lowest BCUT2D eigenvalue weighted by Crippen LogP contribution is -2.40. The van der Waals surface area contributed by atoms with Crippen LogP contribution in [-0.2, 0) is 11.3 Å². The maximum atomic E-state index is 14.3. The van der Waals surface area contributed by atoms with E-state index in [4.69, 9.17) is 4.74 Å². The minimum absolute atomic E-state index is 0.0249. The highest BCUT2D eigenvalue weighted by molar-refractivity contribution is 5.98. The molecule has 9 nitrogen and oxygen atoms in total. The summed E-state index contributed by atoms with van der Waals surface area (Å²) < 4.78 is 35.2. The Kier molecular flexibility index (Phi) is 5.12. The highest BCUT2D eigenvalue weighted by Gasteiger charge is 2.47. The maximum absolute atomic E-state index is 14.3. The average Bonchev–Trinajstić information content (AvgIpc) is 3.51. The lowest BCUT2D eigenvalue weighted by molar-refractivity contribution is 0.0117. The summed E-state index contributed by atoms with van der Waals surface area (Å²) in [5.41, 5.74) is 1.36. The van der Waals surface area contributed by atoms with E-state index in [1.807, 2.05) is 6.07 Å². The number of nitrogens with zero attached hydrogens (tertiary/aromatic N) is 5. The molecule has 2 aromatic heterocycles. The number of H-pyrrole nitrogens is 1. The second-order valence-electron chi connectivity index (χ2n) is 8.16. The standard InChI is InChI=1S/C21H22F2N6O3/c22-21(23)10-16(11-28-12-18(25-26-28)20(31)27-5-7-32-8-6-27)29(13-21)19(30)15-1-2-17-14(9-15)3-4-24-17/h1-4,9,12,16,24H,5-8,10-11,13H2/t16-/m0/s1. The van der Waals surface area contributed by atoms with E-state index >= 15 is 0 Å². The minimum Gasteiger partial charge on any atom is -0.378 e. The van der Waals surface area contributed by atoms with Gasteiger partial charge in [0.05, 0.1) is 38.5 Å². The fourth-order valence-electron chi connectivity index (χ4n) is 4.28. The monoisotopic (exact) mass is 444 g/mol. The predicted octanol–water partition coefficient (Wildman–Crippen LogP) is 1.78. The molecule has 32 heavy (non-hydrogen) atoms. The Morgan fingerprint density at radius 3 is 2.81 bits per heavy atom. The van der Waals surface area contributed by atoms with E-state index in [1.54, 1.807) is 29.3 Å². The van der Waals surface area contributed by atoms with Crippen molar-refractivity contribution in [3.8, 4) is 0 Å². The van der Waals surface area contributed by atoms with E-state index in [0.717, 1.165) is 10.9 Å². The number of aromatic amines is 1. The third-order valence-electron chi connectivity index (χ3n) is 5.89. The summed E-state index contributed by atoms with van der Waals surface area (Å²) >= 11 is 0. The molecule has 2 aliphatic heterocycles. The van der Waals surface area contributed by atoms with Crippen molar-refractivity contribution in [3.05, 3.63) is 47.9 Å². The van der Waals surface area contributed by atoms with Gasteiger partial charge < -0.3 is 19.5 Å². The van der Waals surface area contributed by atoms with Crippen LogP contribution in [0.2, 0.25) is 0 Å². The molecule has 1 N–H and O–H groups in total. The lowest BCUT2D eigenvalue weighted by atomic mass is 10.1. The molecule has 1 aromatic carbocycles. The molecule has 2 aliphatic rings. The van der Waals surface area contributed by atoms with E-state index in [0.29, 0.717) is 31.9 Å². The summed E-state index contributed by atoms with van der Waals surface area (Å²) in [7, 11) is 0. The van der Waals surface area contributed by atoms with Crippen LogP contribution < -0.4 is 0 Å². The van der Waals surface area contributed by atoms with Gasteiger partial charge in [0.15, 0.2) is 5.69 Å². The molecule has 2 saturated heterocycles. The quantitative estimate of drug-likeness (QED) is 0.662. The number of alkyl halides is 2. The Morgan fingerprint density at radius 2 is 2.00 bits per heavy atom. The first-order valence-electron chi connectivity index (χ1n) is 10.4. The van der Waals surface area contributed by atoms with Crippen LogP contribution in [-0.4, -0.2) is 86.4 Å². The molecule has 3 aromatic rings. The number of nitrogens with one attached hydrogen (secondary N) is 1. The molecular formula is C21H22F2N6O3. The number of benzene rings is 1. The Balaban J connectivity index is 1.33. The molecule has 2 fully saturated rings. The SMILES string of the molecule is O=C(c1cn(C[C@@H]2CC(F)(F)CN2C(=O)c2ccc3[nH]ccc3c2)nn1)N1CCOCC1. The smallest absolute Gasteiger partial charge is 0.276 e. The Morgan fingerprint density at radius 1 is 1.19 bits per heavy atom. The summed E-state index contributed by atoms with van der Waals surface area (Å²) in [6.45, 7) is 1.22. The van der Waals surface area contributed by atoms with E-state index in [-0.39, 0.29) is 18.1 Å². The van der Waals surface area contributed by atoms with Crippen molar-refractivity contribution in [2.45, 2.75) is 24.9 Å². The van der Waals surface area contributed by atoms with Crippen LogP contribution in [0.15, 0.2) is 36.7 Å². The number of rotatable bonds is 4. The molecule has 0 unspecified atom stereocenters. The number of halogens is 2. The van der Waals surface area contributed by atoms with Gasteiger partial charge in [-0.3, -0.25) is 9.59 Å². The summed E-state index contributed by atoms with van der Waals surface area (Å²) in [5, 5.41) is 8.69. The summed E-state index contributed by atoms with van der Waals surface area (Å²) in [6, 6.07) is 6.13. The van der Waals surface area contributed by atoms with E-state index in [2.05, 4.69) is 15.3 Å². The zero-order valence-corrected chi connectivity index (χ0v) is 17.2. The normalized spacial score (nSPS) is 20.8. The van der Waals surface area contributed by atoms with Crippen LogP contribution in [0.4, 0.5) is 8.78 Å². The number of carbonyl (C=O) groups is 2. The van der Waals surface area contributed by atoms with Gasteiger partial charge in [0, 0.05) is 42.2 Å². The molecule has 0 aliphatic carbocycles. The molecule has 1 atom stereocenters. The van der Waals surface area contributed by atoms with Gasteiger partial charge in [0.25, 0.3) is 17.7 Å². The summed E-state index contributed by atoms with van der Waals surface area (Å²) in [6.07, 6.45) is 2.73. The van der Waals surface area contributed by atoms with Crippen LogP contribution in [0.1, 0.15) is 27.3 Å². The Bertz CT molecular complexity index is 1150. The molecule has 168 valence electrons. The number of aromatic nitrogens is 4. The fraction of sp³-hybridized carbons (Fsp3) is 0.429. The van der Waals surface area contributed by atoms with Gasteiger partial charge in [-0.2, -0.15) is 0 Å². The molecule has 11 heteroatoms. The number of likely N-dealkylation sites (tertiary alicyclic amines) is 1. The number of fused-ring (bicyclic) bond motifs is 1. The minimum atomic E-state index is -2.99. The fourth-order valence-corrected chi connectivity index (χ4v) is 4.28. The van der Waals surface area contributed by atoms with Gasteiger partial charge in [-0.15, -0.1) is 5.10 Å². The van der Waals surface area contributed by atoms with Gasteiger partial charge in [-0.25, -0.2) is 13.5 Å². The van der Waals surface area contributed by atoms with Gasteiger partial charge >= 0.3 is 0 Å². The van der Waals surface area contributed by atoms with E-state index < -0.39 is 30.8 Å². The number of ether oxygens (including phenoxy) is 1. The largest absolute Gasteiger partial charge is 0.378 e. The van der Waals surface area contributed by atoms with Crippen molar-refractivity contribution >= 4 is 22.7 Å². The number of hydrogen-bond acceptors (Lipinski definition) is 5. The Labute approximate surface area is 181 Å². The molecule has 0 radical (unpaired) electrons. The highest BCUT2D eigenvalue weighted by atomic mass is 19.3. The first kappa shape index (κ1) is 20.6. The molecule has 4 heterocycles. The molecule has 2 amide bonds. The van der Waals surface area contributed by atoms with Crippen molar-refractivity contribution in [3.63, 3.8) is 0 Å². The highest BCUT2D eigenvalue weighted by Crippen LogP contribution is 2.34. The third kappa shape index (κ3) is 3.95. The predicted molar refractivity (Wildman–Crippen MR) is 109 cm³/mol. The zero-order valence-electron chi connectivity index (χ0n) is 17.2. The van der Waals surface area contributed by atoms with Gasteiger partial charge in [0.1, 0.15) is 0 Å². The molecular weight excluding hydrogens is 422 g/mol. The zero-order chi connectivity index (χ0) is 22.3. The van der Waals surface area contributed by atoms with Crippen molar-refractivity contribution in [1.29, 1.82) is 0 Å². The van der Waals surface area contributed by atoms with Crippen LogP contribution in [0, 0.1) is 0 Å². The van der Waals surface area contributed by atoms with Crippen LogP contribution in [0.3, 0.4) is 0 Å². The summed E-state index contributed by atoms with van der Waals surface area (Å²) in [5.74, 6) is -3.73. The maximum Gasteiger partial charge on any atom is 0.276 e. The number of amides is 2. The second-order valence-corrected chi connectivity index (χ2v) is 8.16. The number of morpholine rings is 1. The number of hydrogen-bond donors (Lipinski definition) is 1. The van der Waals surface area contributed by atoms with Crippen LogP contribution in [0.5, 0.6) is 0 Å². The molecule has 0 bridgehead atoms.